The zero-order valence-corrected chi connectivity index (χ0v) is 13.4. The van der Waals surface area contributed by atoms with Crippen molar-refractivity contribution in [2.75, 3.05) is 6.61 Å². The Hall–Kier alpha value is -0.360. The molecule has 1 aliphatic carbocycles. The molecule has 0 amide bonds. The number of aliphatic hydroxyl groups is 5. The van der Waals surface area contributed by atoms with Crippen LogP contribution in [0.15, 0.2) is 0 Å². The van der Waals surface area contributed by atoms with E-state index >= 15 is 0 Å². The van der Waals surface area contributed by atoms with E-state index in [1.807, 2.05) is 6.92 Å². The van der Waals surface area contributed by atoms with E-state index in [-0.39, 0.29) is 6.42 Å². The third kappa shape index (κ3) is 2.28. The van der Waals surface area contributed by atoms with E-state index in [2.05, 4.69) is 0 Å². The molecular formula is C15H24O9. The molecule has 3 heterocycles. The molecule has 0 aromatic carbocycles. The molecule has 0 radical (unpaired) electrons. The summed E-state index contributed by atoms with van der Waals surface area (Å²) in [4.78, 5) is 0. The number of ether oxygens (including phenoxy) is 4. The minimum absolute atomic E-state index is 0.230. The number of rotatable bonds is 3. The van der Waals surface area contributed by atoms with E-state index in [1.54, 1.807) is 0 Å². The van der Waals surface area contributed by atoms with Gasteiger partial charge in [-0.05, 0) is 13.3 Å². The lowest BCUT2D eigenvalue weighted by Crippen LogP contribution is -2.65. The second-order valence-corrected chi connectivity index (χ2v) is 7.53. The van der Waals surface area contributed by atoms with Crippen molar-refractivity contribution >= 4 is 0 Å². The first kappa shape index (κ1) is 17.1. The Bertz CT molecular complexity index is 515. The molecule has 0 spiro atoms. The van der Waals surface area contributed by atoms with Gasteiger partial charge in [0, 0.05) is 19.3 Å². The summed E-state index contributed by atoms with van der Waals surface area (Å²) in [6.45, 7) is 1.31. The van der Waals surface area contributed by atoms with Gasteiger partial charge in [0.1, 0.15) is 35.6 Å². The second-order valence-electron chi connectivity index (χ2n) is 7.53. The maximum Gasteiger partial charge on any atom is 0.187 e. The average Bonchev–Trinajstić information content (AvgIpc) is 2.63. The quantitative estimate of drug-likeness (QED) is 0.390. The summed E-state index contributed by atoms with van der Waals surface area (Å²) in [5.41, 5.74) is -1.67. The first-order chi connectivity index (χ1) is 11.2. The molecule has 4 aliphatic rings. The molecule has 4 fully saturated rings. The van der Waals surface area contributed by atoms with Gasteiger partial charge in [-0.3, -0.25) is 0 Å². The fourth-order valence-electron chi connectivity index (χ4n) is 4.54. The molecule has 24 heavy (non-hydrogen) atoms. The summed E-state index contributed by atoms with van der Waals surface area (Å²) in [6, 6.07) is 0. The van der Waals surface area contributed by atoms with Crippen LogP contribution in [0.3, 0.4) is 0 Å². The summed E-state index contributed by atoms with van der Waals surface area (Å²) < 4.78 is 23.0. The van der Waals surface area contributed by atoms with Gasteiger partial charge in [-0.15, -0.1) is 0 Å². The number of fused-ring (bicyclic) bond motifs is 2. The van der Waals surface area contributed by atoms with Gasteiger partial charge in [0.2, 0.25) is 0 Å². The molecule has 0 aromatic rings. The standard InChI is InChI=1S/C15H24O9/c1-13-6-15(20)3-2-14(13,4-8(22-13)23-15)24-12-11(19)10(18)9(17)7(5-16)21-12/h7-12,16-20H,2-6H2,1H3/t7-,8-,9-,10+,11-,12+,13+,14-,15+/m1/s1. The number of aliphatic hydroxyl groups excluding tert-OH is 4. The van der Waals surface area contributed by atoms with Gasteiger partial charge in [-0.1, -0.05) is 0 Å². The van der Waals surface area contributed by atoms with Crippen LogP contribution in [0.1, 0.15) is 32.6 Å². The van der Waals surface area contributed by atoms with Crippen LogP contribution in [0.25, 0.3) is 0 Å². The summed E-state index contributed by atoms with van der Waals surface area (Å²) in [5.74, 6) is -1.24. The molecule has 5 N–H and O–H groups in total. The predicted octanol–water partition coefficient (Wildman–Crippen LogP) is -2.05. The maximum absolute atomic E-state index is 10.4. The van der Waals surface area contributed by atoms with Crippen molar-refractivity contribution in [3.63, 3.8) is 0 Å². The van der Waals surface area contributed by atoms with E-state index in [1.165, 1.54) is 0 Å². The Morgan fingerprint density at radius 3 is 2.54 bits per heavy atom. The smallest absolute Gasteiger partial charge is 0.187 e. The van der Waals surface area contributed by atoms with Crippen molar-refractivity contribution in [3.8, 4) is 0 Å². The Balaban J connectivity index is 1.58. The average molecular weight is 348 g/mol. The lowest BCUT2D eigenvalue weighted by atomic mass is 9.70. The summed E-state index contributed by atoms with van der Waals surface area (Å²) in [7, 11) is 0. The lowest BCUT2D eigenvalue weighted by molar-refractivity contribution is -0.390. The third-order valence-corrected chi connectivity index (χ3v) is 5.93. The van der Waals surface area contributed by atoms with Crippen molar-refractivity contribution in [1.82, 2.24) is 0 Å². The SMILES string of the molecule is C[C@]12C[C@]3(O)CC[C@@]1(O[C@@H]1O[C@H](CO)[C@@H](O)[C@H](O)[C@H]1O)C[C@@H](O3)O2. The van der Waals surface area contributed by atoms with Gasteiger partial charge in [0.15, 0.2) is 18.4 Å². The zero-order valence-electron chi connectivity index (χ0n) is 13.4. The minimum atomic E-state index is -1.50. The van der Waals surface area contributed by atoms with Crippen LogP contribution in [0, 0.1) is 0 Å². The van der Waals surface area contributed by atoms with Crippen LogP contribution < -0.4 is 0 Å². The first-order valence-electron chi connectivity index (χ1n) is 8.27. The molecule has 0 unspecified atom stereocenters. The summed E-state index contributed by atoms with van der Waals surface area (Å²) in [6.07, 6.45) is -5.88. The van der Waals surface area contributed by atoms with E-state index in [0.717, 1.165) is 0 Å². The molecule has 4 rings (SSSR count). The van der Waals surface area contributed by atoms with Gasteiger partial charge in [-0.2, -0.15) is 0 Å². The van der Waals surface area contributed by atoms with Crippen LogP contribution in [0.4, 0.5) is 0 Å². The predicted molar refractivity (Wildman–Crippen MR) is 75.4 cm³/mol. The van der Waals surface area contributed by atoms with Gasteiger partial charge in [-0.25, -0.2) is 0 Å². The van der Waals surface area contributed by atoms with Crippen LogP contribution in [-0.4, -0.2) is 86.1 Å². The van der Waals surface area contributed by atoms with Crippen LogP contribution >= 0.6 is 0 Å². The Kier molecular flexibility index (Phi) is 3.78. The van der Waals surface area contributed by atoms with Gasteiger partial charge in [0.25, 0.3) is 0 Å². The molecule has 9 heteroatoms. The molecule has 3 saturated heterocycles. The zero-order chi connectivity index (χ0) is 17.3. The second kappa shape index (κ2) is 5.32. The first-order valence-corrected chi connectivity index (χ1v) is 8.27. The van der Waals surface area contributed by atoms with Crippen molar-refractivity contribution < 1.29 is 44.5 Å². The molecular weight excluding hydrogens is 324 g/mol. The summed E-state index contributed by atoms with van der Waals surface area (Å²) in [5, 5.41) is 49.8. The monoisotopic (exact) mass is 348 g/mol. The Morgan fingerprint density at radius 2 is 1.83 bits per heavy atom. The molecule has 0 aromatic heterocycles. The highest BCUT2D eigenvalue weighted by atomic mass is 16.8. The largest absolute Gasteiger partial charge is 0.394 e. The van der Waals surface area contributed by atoms with Crippen molar-refractivity contribution in [3.05, 3.63) is 0 Å². The molecule has 1 saturated carbocycles. The van der Waals surface area contributed by atoms with Crippen LogP contribution in [0.5, 0.6) is 0 Å². The topological polar surface area (TPSA) is 138 Å². The fraction of sp³-hybridized carbons (Fsp3) is 1.00. The highest BCUT2D eigenvalue weighted by Gasteiger charge is 2.70. The molecule has 9 nitrogen and oxygen atoms in total. The highest BCUT2D eigenvalue weighted by Crippen LogP contribution is 2.59. The molecule has 138 valence electrons. The van der Waals surface area contributed by atoms with E-state index in [0.29, 0.717) is 19.3 Å². The maximum atomic E-state index is 10.4. The fourth-order valence-corrected chi connectivity index (χ4v) is 4.54. The van der Waals surface area contributed by atoms with Crippen molar-refractivity contribution in [1.29, 1.82) is 0 Å². The van der Waals surface area contributed by atoms with Crippen molar-refractivity contribution in [2.24, 2.45) is 0 Å². The van der Waals surface area contributed by atoms with E-state index in [9.17, 15) is 25.5 Å². The van der Waals surface area contributed by atoms with Gasteiger partial charge >= 0.3 is 0 Å². The highest BCUT2D eigenvalue weighted by molar-refractivity contribution is 5.14. The van der Waals surface area contributed by atoms with Gasteiger partial charge < -0.3 is 44.5 Å². The Labute approximate surface area is 138 Å². The lowest BCUT2D eigenvalue weighted by Gasteiger charge is -2.53. The minimum Gasteiger partial charge on any atom is -0.394 e. The number of hydrogen-bond donors (Lipinski definition) is 5. The van der Waals surface area contributed by atoms with Crippen LogP contribution in [0.2, 0.25) is 0 Å². The number of hydrogen-bond acceptors (Lipinski definition) is 9. The molecule has 9 atom stereocenters. The van der Waals surface area contributed by atoms with Gasteiger partial charge in [0.05, 0.1) is 6.61 Å². The summed E-state index contributed by atoms with van der Waals surface area (Å²) >= 11 is 0. The molecule has 3 bridgehead atoms. The molecule has 3 aliphatic heterocycles. The van der Waals surface area contributed by atoms with E-state index < -0.39 is 60.6 Å². The van der Waals surface area contributed by atoms with Crippen molar-refractivity contribution in [2.45, 2.75) is 86.6 Å². The normalized spacial score (nSPS) is 59.8. The van der Waals surface area contributed by atoms with E-state index in [4.69, 9.17) is 18.9 Å². The Morgan fingerprint density at radius 1 is 1.08 bits per heavy atom. The van der Waals surface area contributed by atoms with Crippen LogP contribution in [-0.2, 0) is 18.9 Å². The third-order valence-electron chi connectivity index (χ3n) is 5.93.